The Balaban J connectivity index is 1.90. The van der Waals surface area contributed by atoms with Crippen LogP contribution in [-0.2, 0) is 11.3 Å². The second-order valence-corrected chi connectivity index (χ2v) is 7.58. The Morgan fingerprint density at radius 1 is 1.14 bits per heavy atom. The van der Waals surface area contributed by atoms with Gasteiger partial charge in [-0.05, 0) is 49.4 Å². The lowest BCUT2D eigenvalue weighted by atomic mass is 10.1. The third kappa shape index (κ3) is 5.68. The predicted octanol–water partition coefficient (Wildman–Crippen LogP) is 4.09. The number of ether oxygens (including phenoxy) is 1. The van der Waals surface area contributed by atoms with E-state index in [4.69, 9.17) is 14.9 Å². The van der Waals surface area contributed by atoms with Gasteiger partial charge in [0.25, 0.3) is 0 Å². The van der Waals surface area contributed by atoms with Gasteiger partial charge in [-0.25, -0.2) is 4.68 Å². The monoisotopic (exact) mass is 393 g/mol. The molecule has 1 aromatic heterocycles. The Morgan fingerprint density at radius 3 is 2.45 bits per heavy atom. The Kier molecular flexibility index (Phi) is 6.67. The summed E-state index contributed by atoms with van der Waals surface area (Å²) in [4.78, 5) is 12.8. The Morgan fingerprint density at radius 2 is 1.83 bits per heavy atom. The lowest BCUT2D eigenvalue weighted by Crippen LogP contribution is -2.25. The first kappa shape index (κ1) is 20.6. The number of hydrogen-bond acceptors (Lipinski definition) is 4. The fourth-order valence-corrected chi connectivity index (χ4v) is 3.03. The highest BCUT2D eigenvalue weighted by atomic mass is 16.5. The number of benzene rings is 2. The van der Waals surface area contributed by atoms with E-state index in [9.17, 15) is 4.79 Å². The van der Waals surface area contributed by atoms with Gasteiger partial charge in [0.05, 0.1) is 24.5 Å². The first-order valence-corrected chi connectivity index (χ1v) is 9.70. The molecule has 6 heteroatoms. The molecule has 0 saturated heterocycles. The van der Waals surface area contributed by atoms with Crippen LogP contribution in [0.2, 0.25) is 0 Å². The van der Waals surface area contributed by atoms with Crippen molar-refractivity contribution in [3.8, 4) is 22.7 Å². The van der Waals surface area contributed by atoms with E-state index in [-0.39, 0.29) is 6.54 Å². The molecule has 152 valence electrons. The van der Waals surface area contributed by atoms with Crippen LogP contribution in [0.5, 0.6) is 5.75 Å². The van der Waals surface area contributed by atoms with Crippen LogP contribution in [0.25, 0.3) is 16.9 Å². The highest BCUT2D eigenvalue weighted by Gasteiger charge is 2.15. The largest absolute Gasteiger partial charge is 0.493 e. The van der Waals surface area contributed by atoms with Gasteiger partial charge in [-0.3, -0.25) is 9.69 Å². The fraction of sp³-hybridized carbons (Fsp3) is 0.304. The van der Waals surface area contributed by atoms with Crippen LogP contribution >= 0.6 is 0 Å². The van der Waals surface area contributed by atoms with Crippen molar-refractivity contribution in [2.45, 2.75) is 20.4 Å². The van der Waals surface area contributed by atoms with Crippen LogP contribution in [0.4, 0.5) is 0 Å². The van der Waals surface area contributed by atoms with Gasteiger partial charge < -0.3 is 9.84 Å². The van der Waals surface area contributed by atoms with Crippen LogP contribution in [0, 0.1) is 5.92 Å². The fourth-order valence-electron chi connectivity index (χ4n) is 3.03. The smallest absolute Gasteiger partial charge is 0.317 e. The summed E-state index contributed by atoms with van der Waals surface area (Å²) >= 11 is 0. The van der Waals surface area contributed by atoms with Crippen molar-refractivity contribution in [1.82, 2.24) is 14.7 Å². The number of carboxylic acid groups (broad SMARTS) is 1. The average Bonchev–Trinajstić information content (AvgIpc) is 3.10. The molecule has 0 atom stereocenters. The highest BCUT2D eigenvalue weighted by Crippen LogP contribution is 2.27. The van der Waals surface area contributed by atoms with Gasteiger partial charge in [-0.1, -0.05) is 32.0 Å². The molecule has 3 aromatic rings. The zero-order chi connectivity index (χ0) is 20.8. The Labute approximate surface area is 171 Å². The van der Waals surface area contributed by atoms with E-state index >= 15 is 0 Å². The molecular weight excluding hydrogens is 366 g/mol. The number of aromatic nitrogens is 2. The summed E-state index contributed by atoms with van der Waals surface area (Å²) in [5, 5.41) is 13.9. The summed E-state index contributed by atoms with van der Waals surface area (Å²) in [6.07, 6.45) is 1.96. The number of likely N-dealkylation sites (N-methyl/N-ethyl adjacent to an activating group) is 1. The van der Waals surface area contributed by atoms with E-state index in [0.717, 1.165) is 28.3 Å². The van der Waals surface area contributed by atoms with Gasteiger partial charge in [-0.2, -0.15) is 5.10 Å². The number of nitrogens with zero attached hydrogens (tertiary/aromatic N) is 3. The minimum atomic E-state index is -0.851. The highest BCUT2D eigenvalue weighted by molar-refractivity contribution is 5.69. The molecule has 0 saturated carbocycles. The van der Waals surface area contributed by atoms with Crippen molar-refractivity contribution in [3.63, 3.8) is 0 Å². The third-order valence-electron chi connectivity index (χ3n) is 4.37. The number of carbonyl (C=O) groups is 1. The number of para-hydroxylation sites is 1. The number of carboxylic acids is 1. The molecule has 0 bridgehead atoms. The topological polar surface area (TPSA) is 67.6 Å². The molecule has 1 N–H and O–H groups in total. The Hall–Kier alpha value is -3.12. The maximum Gasteiger partial charge on any atom is 0.317 e. The zero-order valence-corrected chi connectivity index (χ0v) is 17.1. The molecule has 2 aromatic carbocycles. The van der Waals surface area contributed by atoms with Gasteiger partial charge in [0.15, 0.2) is 0 Å². The van der Waals surface area contributed by atoms with Gasteiger partial charge in [0.2, 0.25) is 0 Å². The summed E-state index contributed by atoms with van der Waals surface area (Å²) < 4.78 is 7.61. The zero-order valence-electron chi connectivity index (χ0n) is 17.1. The van der Waals surface area contributed by atoms with E-state index in [1.54, 1.807) is 11.9 Å². The lowest BCUT2D eigenvalue weighted by Gasteiger charge is -2.14. The normalized spacial score (nSPS) is 11.2. The molecular formula is C23H27N3O3. The Bertz CT molecular complexity index is 934. The van der Waals surface area contributed by atoms with Crippen molar-refractivity contribution in [1.29, 1.82) is 0 Å². The lowest BCUT2D eigenvalue weighted by molar-refractivity contribution is -0.138. The number of hydrogen-bond donors (Lipinski definition) is 1. The molecule has 0 fully saturated rings. The van der Waals surface area contributed by atoms with Crippen LogP contribution in [-0.4, -0.2) is 46.0 Å². The molecule has 0 radical (unpaired) electrons. The van der Waals surface area contributed by atoms with Crippen LogP contribution in [0.3, 0.4) is 0 Å². The average molecular weight is 393 g/mol. The van der Waals surface area contributed by atoms with E-state index in [1.165, 1.54) is 0 Å². The number of rotatable bonds is 9. The first-order valence-electron chi connectivity index (χ1n) is 9.70. The molecule has 0 aliphatic heterocycles. The van der Waals surface area contributed by atoms with Crippen molar-refractivity contribution in [3.05, 3.63) is 66.4 Å². The van der Waals surface area contributed by atoms with Crippen molar-refractivity contribution in [2.75, 3.05) is 20.2 Å². The van der Waals surface area contributed by atoms with Crippen LogP contribution in [0.15, 0.2) is 60.8 Å². The minimum Gasteiger partial charge on any atom is -0.493 e. The van der Waals surface area contributed by atoms with Crippen molar-refractivity contribution in [2.24, 2.45) is 5.92 Å². The summed E-state index contributed by atoms with van der Waals surface area (Å²) in [6.45, 7) is 5.36. The molecule has 0 aliphatic carbocycles. The molecule has 3 rings (SSSR count). The van der Waals surface area contributed by atoms with Gasteiger partial charge in [0.1, 0.15) is 5.75 Å². The summed E-state index contributed by atoms with van der Waals surface area (Å²) in [7, 11) is 1.79. The standard InChI is InChI=1S/C23H27N3O3/c1-17(2)16-29-21-11-9-18(10-12-21)23-19(13-25(3)15-22(27)28)14-26(24-23)20-7-5-4-6-8-20/h4-12,14,17H,13,15-16H2,1-3H3,(H,27,28). The molecule has 6 nitrogen and oxygen atoms in total. The third-order valence-corrected chi connectivity index (χ3v) is 4.37. The molecule has 1 heterocycles. The van der Waals surface area contributed by atoms with E-state index < -0.39 is 5.97 Å². The van der Waals surface area contributed by atoms with Gasteiger partial charge in [-0.15, -0.1) is 0 Å². The second-order valence-electron chi connectivity index (χ2n) is 7.58. The van der Waals surface area contributed by atoms with Crippen LogP contribution < -0.4 is 4.74 Å². The molecule has 0 amide bonds. The van der Waals surface area contributed by atoms with Crippen molar-refractivity contribution >= 4 is 5.97 Å². The summed E-state index contributed by atoms with van der Waals surface area (Å²) in [5.41, 5.74) is 3.73. The second kappa shape index (κ2) is 9.39. The SMILES string of the molecule is CC(C)COc1ccc(-c2nn(-c3ccccc3)cc2CN(C)CC(=O)O)cc1. The van der Waals surface area contributed by atoms with E-state index in [2.05, 4.69) is 13.8 Å². The molecule has 0 unspecified atom stereocenters. The van der Waals surface area contributed by atoms with Crippen molar-refractivity contribution < 1.29 is 14.6 Å². The summed E-state index contributed by atoms with van der Waals surface area (Å²) in [5.74, 6) is 0.443. The first-order chi connectivity index (χ1) is 13.9. The summed E-state index contributed by atoms with van der Waals surface area (Å²) in [6, 6.07) is 17.8. The number of aliphatic carboxylic acids is 1. The maximum absolute atomic E-state index is 11.1. The van der Waals surface area contributed by atoms with E-state index in [0.29, 0.717) is 19.1 Å². The maximum atomic E-state index is 11.1. The quantitative estimate of drug-likeness (QED) is 0.593. The molecule has 29 heavy (non-hydrogen) atoms. The molecule has 0 aliphatic rings. The van der Waals surface area contributed by atoms with Gasteiger partial charge >= 0.3 is 5.97 Å². The van der Waals surface area contributed by atoms with Crippen LogP contribution in [0.1, 0.15) is 19.4 Å². The van der Waals surface area contributed by atoms with Gasteiger partial charge in [0, 0.05) is 23.9 Å². The predicted molar refractivity (Wildman–Crippen MR) is 113 cm³/mol. The minimum absolute atomic E-state index is 0.0298. The van der Waals surface area contributed by atoms with E-state index in [1.807, 2.05) is 65.5 Å². The molecule has 0 spiro atoms.